The molecule has 0 aliphatic carbocycles. The number of aromatic nitrogens is 2. The van der Waals surface area contributed by atoms with Gasteiger partial charge in [0.15, 0.2) is 0 Å². The molecule has 2 amide bonds. The predicted octanol–water partition coefficient (Wildman–Crippen LogP) is 3.63. The number of benzene rings is 2. The van der Waals surface area contributed by atoms with Crippen molar-refractivity contribution in [3.8, 4) is 0 Å². The third kappa shape index (κ3) is 6.66. The number of hydrogen-bond donors (Lipinski definition) is 1. The molecule has 206 valence electrons. The maximum absolute atomic E-state index is 13.2. The lowest BCUT2D eigenvalue weighted by atomic mass is 10.1. The van der Waals surface area contributed by atoms with Gasteiger partial charge in [0, 0.05) is 65.3 Å². The van der Waals surface area contributed by atoms with Crippen molar-refractivity contribution in [2.24, 2.45) is 20.0 Å². The smallest absolute Gasteiger partial charge is 0.328 e. The summed E-state index contributed by atoms with van der Waals surface area (Å²) in [4.78, 5) is 42.4. The minimum absolute atomic E-state index is 0. The van der Waals surface area contributed by atoms with Crippen molar-refractivity contribution in [3.63, 3.8) is 0 Å². The minimum atomic E-state index is -0.0534. The van der Waals surface area contributed by atoms with E-state index in [1.54, 1.807) is 23.2 Å². The molecule has 0 spiro atoms. The van der Waals surface area contributed by atoms with Crippen LogP contribution in [0.1, 0.15) is 44.2 Å². The first-order valence-electron chi connectivity index (χ1n) is 13.3. The molecule has 2 heterocycles. The Morgan fingerprint density at radius 3 is 2.45 bits per heavy atom. The van der Waals surface area contributed by atoms with E-state index in [4.69, 9.17) is 0 Å². The Hall–Kier alpha value is -3.10. The van der Waals surface area contributed by atoms with Crippen LogP contribution in [0.2, 0.25) is 0 Å². The van der Waals surface area contributed by atoms with Crippen molar-refractivity contribution in [1.82, 2.24) is 19.4 Å². The molecule has 4 rings (SSSR count). The molecule has 1 N–H and O–H groups in total. The SMILES string of the molecule is CC(C)CC(=O)N1CCCN(C(=O)CCc2ccc3c(c2)n(C)c(=O)n3C)CCNCc2ccccc21.Cl. The highest BCUT2D eigenvalue weighted by Crippen LogP contribution is 2.23. The second-order valence-electron chi connectivity index (χ2n) is 10.4. The lowest BCUT2D eigenvalue weighted by molar-refractivity contribution is -0.131. The van der Waals surface area contributed by atoms with Gasteiger partial charge in [-0.2, -0.15) is 0 Å². The number of carbonyl (C=O) groups excluding carboxylic acids is 2. The largest absolute Gasteiger partial charge is 0.341 e. The van der Waals surface area contributed by atoms with Crippen molar-refractivity contribution >= 4 is 40.9 Å². The molecule has 1 aliphatic rings. The molecular weight excluding hydrogens is 502 g/mol. The third-order valence-electron chi connectivity index (χ3n) is 7.17. The lowest BCUT2D eigenvalue weighted by Gasteiger charge is -2.27. The second kappa shape index (κ2) is 13.1. The molecule has 1 aliphatic heterocycles. The molecule has 38 heavy (non-hydrogen) atoms. The Balaban J connectivity index is 0.00000400. The number of amides is 2. The Morgan fingerprint density at radius 1 is 0.947 bits per heavy atom. The molecule has 2 aromatic carbocycles. The van der Waals surface area contributed by atoms with Crippen LogP contribution in [0.25, 0.3) is 11.0 Å². The first-order valence-corrected chi connectivity index (χ1v) is 13.3. The van der Waals surface area contributed by atoms with Crippen LogP contribution in [0.5, 0.6) is 0 Å². The number of para-hydroxylation sites is 1. The van der Waals surface area contributed by atoms with Gasteiger partial charge < -0.3 is 15.1 Å². The number of imidazole rings is 1. The van der Waals surface area contributed by atoms with Crippen LogP contribution < -0.4 is 15.9 Å². The molecule has 0 saturated heterocycles. The number of halogens is 1. The van der Waals surface area contributed by atoms with Crippen molar-refractivity contribution in [2.45, 2.75) is 46.1 Å². The molecule has 0 saturated carbocycles. The van der Waals surface area contributed by atoms with Gasteiger partial charge in [-0.15, -0.1) is 12.4 Å². The summed E-state index contributed by atoms with van der Waals surface area (Å²) >= 11 is 0. The number of carbonyl (C=O) groups is 2. The zero-order chi connectivity index (χ0) is 26.5. The number of rotatable bonds is 5. The van der Waals surface area contributed by atoms with E-state index in [2.05, 4.69) is 25.2 Å². The van der Waals surface area contributed by atoms with Crippen LogP contribution in [0.3, 0.4) is 0 Å². The standard InChI is InChI=1S/C29H39N5O3.ClH/c1-21(2)18-28(36)34-16-7-15-33(17-14-30-20-23-8-5-6-9-24(23)34)27(35)13-11-22-10-12-25-26(19-22)32(4)29(37)31(25)3;/h5-6,8-10,12,19,21,30H,7,11,13-18,20H2,1-4H3;1H. The van der Waals surface area contributed by atoms with Crippen molar-refractivity contribution in [3.05, 3.63) is 64.1 Å². The number of hydrogen-bond acceptors (Lipinski definition) is 4. The summed E-state index contributed by atoms with van der Waals surface area (Å²) in [5, 5.41) is 3.47. The average Bonchev–Trinajstić information content (AvgIpc) is 3.07. The van der Waals surface area contributed by atoms with Gasteiger partial charge in [-0.1, -0.05) is 38.1 Å². The molecule has 9 heteroatoms. The topological polar surface area (TPSA) is 79.6 Å². The van der Waals surface area contributed by atoms with Crippen LogP contribution in [0, 0.1) is 5.92 Å². The third-order valence-corrected chi connectivity index (χ3v) is 7.17. The number of nitrogens with zero attached hydrogens (tertiary/aromatic N) is 4. The van der Waals surface area contributed by atoms with E-state index in [1.165, 1.54) is 0 Å². The summed E-state index contributed by atoms with van der Waals surface area (Å²) in [5.74, 6) is 0.525. The summed E-state index contributed by atoms with van der Waals surface area (Å²) in [7, 11) is 3.54. The molecule has 0 atom stereocenters. The maximum Gasteiger partial charge on any atom is 0.328 e. The predicted molar refractivity (Wildman–Crippen MR) is 155 cm³/mol. The number of aryl methyl sites for hydroxylation is 3. The Morgan fingerprint density at radius 2 is 1.68 bits per heavy atom. The molecule has 0 fully saturated rings. The van der Waals surface area contributed by atoms with E-state index in [0.29, 0.717) is 52.0 Å². The molecule has 1 aromatic heterocycles. The van der Waals surface area contributed by atoms with Gasteiger partial charge >= 0.3 is 5.69 Å². The van der Waals surface area contributed by atoms with Gasteiger partial charge in [-0.25, -0.2) is 4.79 Å². The van der Waals surface area contributed by atoms with Gasteiger partial charge in [-0.05, 0) is 48.1 Å². The fraction of sp³-hybridized carbons (Fsp3) is 0.483. The van der Waals surface area contributed by atoms with Gasteiger partial charge in [0.2, 0.25) is 11.8 Å². The molecule has 0 bridgehead atoms. The quantitative estimate of drug-likeness (QED) is 0.535. The summed E-state index contributed by atoms with van der Waals surface area (Å²) in [6.45, 7) is 7.30. The Bertz CT molecular complexity index is 1330. The van der Waals surface area contributed by atoms with Crippen molar-refractivity contribution in [2.75, 3.05) is 31.1 Å². The van der Waals surface area contributed by atoms with Gasteiger partial charge in [-0.3, -0.25) is 18.7 Å². The van der Waals surface area contributed by atoms with Crippen molar-refractivity contribution < 1.29 is 9.59 Å². The molecule has 8 nitrogen and oxygen atoms in total. The number of anilines is 1. The first-order chi connectivity index (χ1) is 17.8. The molecular formula is C29H40ClN5O3. The van der Waals surface area contributed by atoms with Crippen LogP contribution in [0.4, 0.5) is 5.69 Å². The number of nitrogens with one attached hydrogen (secondary N) is 1. The van der Waals surface area contributed by atoms with E-state index in [1.807, 2.05) is 46.2 Å². The molecule has 0 unspecified atom stereocenters. The lowest BCUT2D eigenvalue weighted by Crippen LogP contribution is -2.39. The van der Waals surface area contributed by atoms with Gasteiger partial charge in [0.25, 0.3) is 0 Å². The fourth-order valence-corrected chi connectivity index (χ4v) is 5.10. The maximum atomic E-state index is 13.2. The van der Waals surface area contributed by atoms with Crippen LogP contribution in [0.15, 0.2) is 47.3 Å². The van der Waals surface area contributed by atoms with Crippen LogP contribution in [-0.2, 0) is 36.6 Å². The number of fused-ring (bicyclic) bond motifs is 2. The summed E-state index contributed by atoms with van der Waals surface area (Å²) in [6, 6.07) is 14.0. The summed E-state index contributed by atoms with van der Waals surface area (Å²) in [5.41, 5.74) is 4.82. The average molecular weight is 542 g/mol. The van der Waals surface area contributed by atoms with E-state index in [0.717, 1.165) is 34.3 Å². The van der Waals surface area contributed by atoms with E-state index in [9.17, 15) is 14.4 Å². The zero-order valence-electron chi connectivity index (χ0n) is 22.9. The minimum Gasteiger partial charge on any atom is -0.341 e. The van der Waals surface area contributed by atoms with Crippen LogP contribution >= 0.6 is 12.4 Å². The second-order valence-corrected chi connectivity index (χ2v) is 10.4. The Kier molecular flexibility index (Phi) is 10.2. The normalized spacial score (nSPS) is 14.7. The highest BCUT2D eigenvalue weighted by Gasteiger charge is 2.22. The molecule has 0 radical (unpaired) electrons. The highest BCUT2D eigenvalue weighted by atomic mass is 35.5. The van der Waals surface area contributed by atoms with Gasteiger partial charge in [0.05, 0.1) is 11.0 Å². The van der Waals surface area contributed by atoms with E-state index >= 15 is 0 Å². The van der Waals surface area contributed by atoms with Gasteiger partial charge in [0.1, 0.15) is 0 Å². The fourth-order valence-electron chi connectivity index (χ4n) is 5.10. The summed E-state index contributed by atoms with van der Waals surface area (Å²) < 4.78 is 3.28. The highest BCUT2D eigenvalue weighted by molar-refractivity contribution is 5.94. The monoisotopic (exact) mass is 541 g/mol. The summed E-state index contributed by atoms with van der Waals surface area (Å²) in [6.07, 6.45) is 2.25. The van der Waals surface area contributed by atoms with E-state index in [-0.39, 0.29) is 35.8 Å². The first kappa shape index (κ1) is 29.5. The van der Waals surface area contributed by atoms with E-state index < -0.39 is 0 Å². The molecule has 3 aromatic rings. The zero-order valence-corrected chi connectivity index (χ0v) is 23.7. The Labute approximate surface area is 231 Å². The van der Waals surface area contributed by atoms with Crippen molar-refractivity contribution in [1.29, 1.82) is 0 Å². The van der Waals surface area contributed by atoms with Crippen LogP contribution in [-0.4, -0.2) is 52.0 Å².